The molecule has 0 radical (unpaired) electrons. The lowest BCUT2D eigenvalue weighted by Gasteiger charge is -2.38. The first-order chi connectivity index (χ1) is 30.7. The highest BCUT2D eigenvalue weighted by Crippen LogP contribution is 2.25. The summed E-state index contributed by atoms with van der Waals surface area (Å²) in [6.45, 7) is 12.7. The Labute approximate surface area is 369 Å². The maximum absolute atomic E-state index is 14.2. The van der Waals surface area contributed by atoms with E-state index >= 15 is 0 Å². The van der Waals surface area contributed by atoms with Gasteiger partial charge < -0.3 is 44.9 Å². The minimum absolute atomic E-state index is 0.00959. The number of hydrogen-bond acceptors (Lipinski definition) is 15. The van der Waals surface area contributed by atoms with Crippen molar-refractivity contribution in [2.75, 3.05) is 127 Å². The molecule has 2 fully saturated rings. The Hall–Kier alpha value is -5.70. The van der Waals surface area contributed by atoms with E-state index in [1.165, 1.54) is 0 Å². The molecule has 5 rings (SSSR count). The minimum Gasteiger partial charge on any atom is -0.377 e. The normalized spacial score (nSPS) is 15.3. The largest absolute Gasteiger partial charge is 0.377 e. The van der Waals surface area contributed by atoms with Crippen LogP contribution in [0, 0.1) is 18.3 Å². The zero-order valence-corrected chi connectivity index (χ0v) is 37.1. The highest BCUT2D eigenvalue weighted by atomic mass is 16.5. The number of aromatic nitrogens is 9. The van der Waals surface area contributed by atoms with E-state index in [9.17, 15) is 9.59 Å². The molecule has 9 N–H and O–H groups in total. The van der Waals surface area contributed by atoms with Crippen molar-refractivity contribution in [1.29, 1.82) is 0 Å². The van der Waals surface area contributed by atoms with Gasteiger partial charge in [0.1, 0.15) is 19.2 Å². The lowest BCUT2D eigenvalue weighted by molar-refractivity contribution is -0.459. The molecule has 0 spiro atoms. The van der Waals surface area contributed by atoms with Crippen molar-refractivity contribution in [3.63, 3.8) is 0 Å². The van der Waals surface area contributed by atoms with Crippen LogP contribution >= 0.6 is 0 Å². The molecule has 2 aliphatic rings. The van der Waals surface area contributed by atoms with Crippen molar-refractivity contribution in [3.8, 4) is 12.3 Å². The highest BCUT2D eigenvalue weighted by Gasteiger charge is 2.34. The first-order valence-electron chi connectivity index (χ1n) is 22.1. The molecular formula is C40H68N18O5+2. The monoisotopic (exact) mass is 881 g/mol. The van der Waals surface area contributed by atoms with Gasteiger partial charge in [0, 0.05) is 71.3 Å². The molecule has 0 bridgehead atoms. The van der Waals surface area contributed by atoms with Gasteiger partial charge in [0.15, 0.2) is 0 Å². The molecule has 0 aliphatic carbocycles. The lowest BCUT2D eigenvalue weighted by Crippen LogP contribution is -2.78. The highest BCUT2D eigenvalue weighted by molar-refractivity contribution is 5.81. The molecule has 0 unspecified atom stereocenters. The lowest BCUT2D eigenvalue weighted by atomic mass is 9.97. The first kappa shape index (κ1) is 48.3. The summed E-state index contributed by atoms with van der Waals surface area (Å²) in [6.07, 6.45) is 14.0. The number of rotatable bonds is 27. The maximum Gasteiger partial charge on any atom is 0.338 e. The van der Waals surface area contributed by atoms with Crippen molar-refractivity contribution in [2.24, 2.45) is 17.4 Å². The summed E-state index contributed by atoms with van der Waals surface area (Å²) in [5, 5.41) is 20.5. The molecule has 5 heterocycles. The number of terminal acetylenes is 1. The van der Waals surface area contributed by atoms with Crippen LogP contribution in [0.5, 0.6) is 0 Å². The standard InChI is InChI=1S/C40H66N18O5/c1-4-22-61-24-26-63-27-25-62-23-13-45-38-46-39(55-18-14-53(15-19-55)34(59)30-57-28-32(49-51-57)9-6-7-11-41)48-40(47-38)56-20-16-54(17-21-56)36(60)35(31(3)5-2)58-29-33(50-52-58)10-8-12-44-37(42)43/h1,28-29,31,35H,5-27,30,41H2,2-3H3,(H4,42,43,44)(H,45,46,47,48)/p+2/t31-,35-/m0/s1. The fraction of sp³-hybridized carbons (Fsp3) is 0.700. The number of carbonyl (C=O) groups is 2. The number of amides is 2. The van der Waals surface area contributed by atoms with Crippen LogP contribution in [0.3, 0.4) is 0 Å². The smallest absolute Gasteiger partial charge is 0.338 e. The summed E-state index contributed by atoms with van der Waals surface area (Å²) in [5.41, 5.74) is 16.6. The molecule has 2 aliphatic heterocycles. The zero-order valence-electron chi connectivity index (χ0n) is 37.1. The van der Waals surface area contributed by atoms with Crippen LogP contribution in [0.15, 0.2) is 12.4 Å². The van der Waals surface area contributed by atoms with Crippen LogP contribution in [0.25, 0.3) is 0 Å². The molecule has 23 nitrogen and oxygen atoms in total. The first-order valence-corrected chi connectivity index (χ1v) is 22.1. The number of carbonyl (C=O) groups excluding carboxylic acids is 2. The van der Waals surface area contributed by atoms with Crippen molar-refractivity contribution in [2.45, 2.75) is 65.0 Å². The predicted molar refractivity (Wildman–Crippen MR) is 234 cm³/mol. The molecule has 3 aromatic heterocycles. The summed E-state index contributed by atoms with van der Waals surface area (Å²) in [7, 11) is 0. The number of quaternary nitrogens is 1. The number of unbranched alkanes of at least 4 members (excludes halogenated alkanes) is 1. The number of piperazine rings is 2. The number of anilines is 3. The van der Waals surface area contributed by atoms with Gasteiger partial charge in [-0.1, -0.05) is 36.6 Å². The van der Waals surface area contributed by atoms with Gasteiger partial charge in [-0.15, -0.1) is 16.6 Å². The zero-order chi connectivity index (χ0) is 44.8. The predicted octanol–water partition coefficient (Wildman–Crippen LogP) is -3.71. The SMILES string of the molecule is C#CCOCCOCCOCCNc1nc(N2CCN(C(=O)Cn3cc(CCCC[NH3+])nn3)CC2)nc(N2CCN(C(=O)[C@H]([C@@H](C)CC)n3cc(CCC[NH+]=C(N)N)nn3)CC2)n1. The number of ether oxygens (including phenoxy) is 3. The molecule has 3 aromatic rings. The van der Waals surface area contributed by atoms with Gasteiger partial charge in [0.25, 0.3) is 0 Å². The average molecular weight is 881 g/mol. The Balaban J connectivity index is 1.19. The molecule has 23 heteroatoms. The Morgan fingerprint density at radius 3 is 2.11 bits per heavy atom. The van der Waals surface area contributed by atoms with Crippen LogP contribution < -0.4 is 37.3 Å². The van der Waals surface area contributed by atoms with Gasteiger partial charge in [-0.2, -0.15) is 15.0 Å². The van der Waals surface area contributed by atoms with Crippen LogP contribution in [-0.4, -0.2) is 184 Å². The second-order valence-electron chi connectivity index (χ2n) is 15.6. The Morgan fingerprint density at radius 1 is 0.841 bits per heavy atom. The minimum atomic E-state index is -0.483. The maximum atomic E-state index is 14.2. The fourth-order valence-electron chi connectivity index (χ4n) is 7.15. The van der Waals surface area contributed by atoms with E-state index in [0.717, 1.165) is 50.0 Å². The molecule has 0 saturated carbocycles. The van der Waals surface area contributed by atoms with Crippen LogP contribution in [0.4, 0.5) is 17.8 Å². The van der Waals surface area contributed by atoms with Gasteiger partial charge in [0.05, 0.1) is 57.5 Å². The van der Waals surface area contributed by atoms with E-state index in [4.69, 9.17) is 47.1 Å². The third-order valence-electron chi connectivity index (χ3n) is 10.9. The Morgan fingerprint density at radius 2 is 1.46 bits per heavy atom. The Kier molecular flexibility index (Phi) is 20.0. The van der Waals surface area contributed by atoms with Gasteiger partial charge >= 0.3 is 5.96 Å². The average Bonchev–Trinajstić information content (AvgIpc) is 3.96. The summed E-state index contributed by atoms with van der Waals surface area (Å²) in [6, 6.07) is -0.483. The van der Waals surface area contributed by atoms with Crippen LogP contribution in [-0.2, 0) is 43.2 Å². The molecule has 63 heavy (non-hydrogen) atoms. The number of guanidine groups is 1. The molecular weight excluding hydrogens is 813 g/mol. The number of nitrogens with one attached hydrogen (secondary N) is 2. The van der Waals surface area contributed by atoms with E-state index in [2.05, 4.69) is 66.2 Å². The molecule has 2 atom stereocenters. The molecule has 2 amide bonds. The van der Waals surface area contributed by atoms with E-state index in [1.807, 2.05) is 22.2 Å². The van der Waals surface area contributed by atoms with E-state index in [0.29, 0.717) is 123 Å². The Bertz CT molecular complexity index is 1900. The van der Waals surface area contributed by atoms with E-state index < -0.39 is 6.04 Å². The summed E-state index contributed by atoms with van der Waals surface area (Å²) < 4.78 is 19.8. The van der Waals surface area contributed by atoms with Crippen molar-refractivity contribution in [1.82, 2.24) is 54.7 Å². The molecule has 346 valence electrons. The quantitative estimate of drug-likeness (QED) is 0.0213. The van der Waals surface area contributed by atoms with Crippen molar-refractivity contribution < 1.29 is 34.5 Å². The number of aryl methyl sites for hydroxylation is 2. The van der Waals surface area contributed by atoms with Crippen LogP contribution in [0.2, 0.25) is 0 Å². The van der Waals surface area contributed by atoms with Gasteiger partial charge in [-0.05, 0) is 38.0 Å². The summed E-state index contributed by atoms with van der Waals surface area (Å²) in [4.78, 5) is 52.8. The van der Waals surface area contributed by atoms with E-state index in [-0.39, 0.29) is 36.8 Å². The number of nitrogens with zero attached hydrogens (tertiary/aromatic N) is 13. The second kappa shape index (κ2) is 26.0. The topological polar surface area (TPSA) is 281 Å². The number of nitrogens with two attached hydrogens (primary N) is 2. The molecule has 0 aromatic carbocycles. The van der Waals surface area contributed by atoms with Gasteiger partial charge in [0.2, 0.25) is 29.7 Å². The fourth-order valence-corrected chi connectivity index (χ4v) is 7.15. The van der Waals surface area contributed by atoms with Crippen molar-refractivity contribution in [3.05, 3.63) is 23.8 Å². The van der Waals surface area contributed by atoms with Crippen LogP contribution in [0.1, 0.15) is 57.0 Å². The van der Waals surface area contributed by atoms with Gasteiger partial charge in [-0.25, -0.2) is 9.36 Å². The van der Waals surface area contributed by atoms with E-state index in [1.54, 1.807) is 9.36 Å². The van der Waals surface area contributed by atoms with Crippen molar-refractivity contribution >= 4 is 35.6 Å². The summed E-state index contributed by atoms with van der Waals surface area (Å²) in [5.74, 6) is 4.07. The summed E-state index contributed by atoms with van der Waals surface area (Å²) >= 11 is 0. The van der Waals surface area contributed by atoms with Gasteiger partial charge in [-0.3, -0.25) is 26.0 Å². The molecule has 2 saturated heterocycles. The third-order valence-corrected chi connectivity index (χ3v) is 10.9. The number of hydrogen-bond donors (Lipinski definition) is 5. The third kappa shape index (κ3) is 15.6. The second-order valence-corrected chi connectivity index (χ2v) is 15.6.